The van der Waals surface area contributed by atoms with Gasteiger partial charge in [0.05, 0.1) is 25.8 Å². The van der Waals surface area contributed by atoms with E-state index in [1.165, 1.54) is 5.56 Å². The van der Waals surface area contributed by atoms with E-state index in [2.05, 4.69) is 22.3 Å². The number of carbonyl (C=O) groups excluding carboxylic acids is 1. The highest BCUT2D eigenvalue weighted by molar-refractivity contribution is 5.80. The molecule has 2 atom stereocenters. The first-order chi connectivity index (χ1) is 15.2. The van der Waals surface area contributed by atoms with Crippen molar-refractivity contribution >= 4 is 16.9 Å². The van der Waals surface area contributed by atoms with Crippen molar-refractivity contribution in [1.82, 2.24) is 10.2 Å². The molecule has 3 heterocycles. The number of amides is 1. The maximum atomic E-state index is 12.8. The summed E-state index contributed by atoms with van der Waals surface area (Å²) in [6.45, 7) is 4.59. The Hall–Kier alpha value is -2.99. The van der Waals surface area contributed by atoms with E-state index >= 15 is 0 Å². The lowest BCUT2D eigenvalue weighted by molar-refractivity contribution is -0.123. The zero-order valence-corrected chi connectivity index (χ0v) is 17.8. The van der Waals surface area contributed by atoms with Crippen LogP contribution in [-0.2, 0) is 4.79 Å². The zero-order chi connectivity index (χ0) is 21.2. The van der Waals surface area contributed by atoms with Crippen LogP contribution in [0.2, 0.25) is 0 Å². The Morgan fingerprint density at radius 3 is 2.81 bits per heavy atom. The van der Waals surface area contributed by atoms with Gasteiger partial charge in [0.25, 0.3) is 0 Å². The van der Waals surface area contributed by atoms with Gasteiger partial charge >= 0.3 is 0 Å². The van der Waals surface area contributed by atoms with Crippen molar-refractivity contribution in [3.8, 4) is 11.5 Å². The molecule has 5 rings (SSSR count). The van der Waals surface area contributed by atoms with E-state index in [1.54, 1.807) is 0 Å². The molecule has 1 aromatic heterocycles. The summed E-state index contributed by atoms with van der Waals surface area (Å²) >= 11 is 0. The third-order valence-electron chi connectivity index (χ3n) is 6.12. The first-order valence-electron chi connectivity index (χ1n) is 11.1. The normalized spacial score (nSPS) is 19.8. The number of likely N-dealkylation sites (tertiary alicyclic amines) is 1. The predicted octanol–water partition coefficient (Wildman–Crippen LogP) is 4.61. The molecule has 6 heteroatoms. The van der Waals surface area contributed by atoms with Crippen LogP contribution in [0.5, 0.6) is 11.5 Å². The number of carbonyl (C=O) groups is 1. The van der Waals surface area contributed by atoms with Crippen molar-refractivity contribution in [2.75, 3.05) is 26.3 Å². The lowest BCUT2D eigenvalue weighted by Gasteiger charge is -2.25. The molecule has 2 aromatic carbocycles. The Labute approximate surface area is 182 Å². The molecule has 0 spiro atoms. The highest BCUT2D eigenvalue weighted by Crippen LogP contribution is 2.37. The SMILES string of the molecule is CC(NC(=O)CN1CCCC1c1ccc2c(c1)OCCCO2)c1cc2ccccc2o1. The molecule has 1 N–H and O–H groups in total. The van der Waals surface area contributed by atoms with Crippen LogP contribution in [0.3, 0.4) is 0 Å². The Balaban J connectivity index is 1.24. The molecule has 162 valence electrons. The van der Waals surface area contributed by atoms with Crippen molar-refractivity contribution < 1.29 is 18.7 Å². The number of furan rings is 1. The van der Waals surface area contributed by atoms with Gasteiger partial charge in [-0.25, -0.2) is 0 Å². The molecular weight excluding hydrogens is 392 g/mol. The molecule has 0 saturated carbocycles. The van der Waals surface area contributed by atoms with Crippen molar-refractivity contribution in [3.05, 3.63) is 59.9 Å². The second-order valence-electron chi connectivity index (χ2n) is 8.36. The maximum absolute atomic E-state index is 12.8. The Bertz CT molecular complexity index is 1040. The minimum absolute atomic E-state index is 0.00852. The third-order valence-corrected chi connectivity index (χ3v) is 6.12. The Morgan fingerprint density at radius 1 is 1.10 bits per heavy atom. The van der Waals surface area contributed by atoms with E-state index in [1.807, 2.05) is 43.3 Å². The fourth-order valence-electron chi connectivity index (χ4n) is 4.54. The fraction of sp³-hybridized carbons (Fsp3) is 0.400. The molecule has 1 amide bonds. The maximum Gasteiger partial charge on any atom is 0.234 e. The number of hydrogen-bond acceptors (Lipinski definition) is 5. The van der Waals surface area contributed by atoms with Crippen LogP contribution in [0.25, 0.3) is 11.0 Å². The predicted molar refractivity (Wildman–Crippen MR) is 118 cm³/mol. The Kier molecular flexibility index (Phi) is 5.55. The van der Waals surface area contributed by atoms with Gasteiger partial charge in [-0.1, -0.05) is 24.3 Å². The average Bonchev–Trinajstić information content (AvgIpc) is 3.34. The highest BCUT2D eigenvalue weighted by atomic mass is 16.5. The van der Waals surface area contributed by atoms with E-state index in [0.29, 0.717) is 19.8 Å². The minimum Gasteiger partial charge on any atom is -0.490 e. The summed E-state index contributed by atoms with van der Waals surface area (Å²) in [6.07, 6.45) is 3.00. The van der Waals surface area contributed by atoms with Gasteiger partial charge in [-0.3, -0.25) is 9.69 Å². The molecule has 6 nitrogen and oxygen atoms in total. The number of fused-ring (bicyclic) bond motifs is 2. The largest absolute Gasteiger partial charge is 0.490 e. The van der Waals surface area contributed by atoms with Crippen LogP contribution in [0.1, 0.15) is 49.6 Å². The van der Waals surface area contributed by atoms with Crippen LogP contribution in [-0.4, -0.2) is 37.1 Å². The average molecular weight is 421 g/mol. The molecule has 1 saturated heterocycles. The second-order valence-corrected chi connectivity index (χ2v) is 8.36. The van der Waals surface area contributed by atoms with Crippen LogP contribution in [0.15, 0.2) is 52.9 Å². The quantitative estimate of drug-likeness (QED) is 0.653. The van der Waals surface area contributed by atoms with Crippen LogP contribution >= 0.6 is 0 Å². The number of nitrogens with one attached hydrogen (secondary N) is 1. The summed E-state index contributed by atoms with van der Waals surface area (Å²) < 4.78 is 17.5. The van der Waals surface area contributed by atoms with E-state index in [-0.39, 0.29) is 18.0 Å². The first kappa shape index (κ1) is 19.9. The number of benzene rings is 2. The molecule has 2 aliphatic heterocycles. The lowest BCUT2D eigenvalue weighted by Crippen LogP contribution is -2.38. The van der Waals surface area contributed by atoms with E-state index < -0.39 is 0 Å². The number of ether oxygens (including phenoxy) is 2. The fourth-order valence-corrected chi connectivity index (χ4v) is 4.54. The van der Waals surface area contributed by atoms with Gasteiger partial charge in [0.15, 0.2) is 11.5 Å². The summed E-state index contributed by atoms with van der Waals surface area (Å²) in [6, 6.07) is 16.1. The summed E-state index contributed by atoms with van der Waals surface area (Å²) in [5.74, 6) is 2.40. The highest BCUT2D eigenvalue weighted by Gasteiger charge is 2.29. The molecule has 2 unspecified atom stereocenters. The van der Waals surface area contributed by atoms with Gasteiger partial charge in [0.1, 0.15) is 11.3 Å². The van der Waals surface area contributed by atoms with Gasteiger partial charge < -0.3 is 19.2 Å². The van der Waals surface area contributed by atoms with Crippen LogP contribution in [0, 0.1) is 0 Å². The van der Waals surface area contributed by atoms with Crippen LogP contribution < -0.4 is 14.8 Å². The molecule has 31 heavy (non-hydrogen) atoms. The zero-order valence-electron chi connectivity index (χ0n) is 17.8. The number of hydrogen-bond donors (Lipinski definition) is 1. The van der Waals surface area contributed by atoms with Gasteiger partial charge in [-0.2, -0.15) is 0 Å². The van der Waals surface area contributed by atoms with Gasteiger partial charge in [-0.05, 0) is 56.1 Å². The molecule has 3 aromatic rings. The second kappa shape index (κ2) is 8.63. The van der Waals surface area contributed by atoms with E-state index in [0.717, 1.165) is 54.0 Å². The Morgan fingerprint density at radius 2 is 1.94 bits per heavy atom. The summed E-state index contributed by atoms with van der Waals surface area (Å²) in [5.41, 5.74) is 2.02. The lowest BCUT2D eigenvalue weighted by atomic mass is 10.0. The van der Waals surface area contributed by atoms with Gasteiger partial charge in [0, 0.05) is 17.8 Å². The summed E-state index contributed by atoms with van der Waals surface area (Å²) in [7, 11) is 0. The standard InChI is InChI=1S/C25H28N2O4/c1-17(23-15-19-6-2-3-8-21(19)31-23)26-25(28)16-27-11-4-7-20(27)18-9-10-22-24(14-18)30-13-5-12-29-22/h2-3,6,8-10,14-15,17,20H,4-5,7,11-13,16H2,1H3,(H,26,28). The smallest absolute Gasteiger partial charge is 0.234 e. The number of nitrogens with zero attached hydrogens (tertiary/aromatic N) is 1. The van der Waals surface area contributed by atoms with Crippen molar-refractivity contribution in [2.45, 2.75) is 38.3 Å². The van der Waals surface area contributed by atoms with Gasteiger partial charge in [-0.15, -0.1) is 0 Å². The minimum atomic E-state index is -0.181. The molecule has 0 bridgehead atoms. The topological polar surface area (TPSA) is 63.9 Å². The monoisotopic (exact) mass is 420 g/mol. The summed E-state index contributed by atoms with van der Waals surface area (Å²) in [4.78, 5) is 15.1. The van der Waals surface area contributed by atoms with E-state index in [9.17, 15) is 4.79 Å². The van der Waals surface area contributed by atoms with Crippen molar-refractivity contribution in [3.63, 3.8) is 0 Å². The molecule has 0 radical (unpaired) electrons. The van der Waals surface area contributed by atoms with E-state index in [4.69, 9.17) is 13.9 Å². The number of para-hydroxylation sites is 1. The molecule has 0 aliphatic carbocycles. The molecule has 2 aliphatic rings. The molecule has 1 fully saturated rings. The number of rotatable bonds is 5. The summed E-state index contributed by atoms with van der Waals surface area (Å²) in [5, 5.41) is 4.14. The van der Waals surface area contributed by atoms with Crippen LogP contribution in [0.4, 0.5) is 0 Å². The van der Waals surface area contributed by atoms with Gasteiger partial charge in [0.2, 0.25) is 5.91 Å². The van der Waals surface area contributed by atoms with Crippen molar-refractivity contribution in [1.29, 1.82) is 0 Å². The molecular formula is C25H28N2O4. The van der Waals surface area contributed by atoms with Crippen molar-refractivity contribution in [2.24, 2.45) is 0 Å². The first-order valence-corrected chi connectivity index (χ1v) is 11.1. The third kappa shape index (κ3) is 4.26.